The molecule has 1 aromatic rings. The zero-order chi connectivity index (χ0) is 16.7. The van der Waals surface area contributed by atoms with Crippen molar-refractivity contribution in [1.29, 1.82) is 0 Å². The Morgan fingerprint density at radius 3 is 2.52 bits per heavy atom. The summed E-state index contributed by atoms with van der Waals surface area (Å²) in [6.45, 7) is 7.43. The second kappa shape index (κ2) is 8.56. The summed E-state index contributed by atoms with van der Waals surface area (Å²) in [5.41, 5.74) is 2.23. The number of aryl methyl sites for hydroxylation is 1. The lowest BCUT2D eigenvalue weighted by atomic mass is 10.1. The van der Waals surface area contributed by atoms with Gasteiger partial charge >= 0.3 is 6.03 Å². The molecule has 0 atom stereocenters. The number of carbonyl (C=O) groups is 2. The molecule has 1 fully saturated rings. The Morgan fingerprint density at radius 2 is 1.78 bits per heavy atom. The third-order valence-electron chi connectivity index (χ3n) is 4.26. The Morgan fingerprint density at radius 1 is 1.09 bits per heavy atom. The molecule has 3 amide bonds. The molecule has 0 spiro atoms. The predicted octanol–water partition coefficient (Wildman–Crippen LogP) is 2.19. The van der Waals surface area contributed by atoms with Gasteiger partial charge in [0.2, 0.25) is 5.91 Å². The number of amides is 3. The van der Waals surface area contributed by atoms with Gasteiger partial charge in [-0.3, -0.25) is 4.79 Å². The highest BCUT2D eigenvalue weighted by atomic mass is 16.2. The Labute approximate surface area is 138 Å². The number of hydrogen-bond donors (Lipinski definition) is 1. The summed E-state index contributed by atoms with van der Waals surface area (Å²) in [6.07, 6.45) is 2.20. The van der Waals surface area contributed by atoms with Crippen molar-refractivity contribution in [3.8, 4) is 0 Å². The number of hydrogen-bond acceptors (Lipinski definition) is 2. The molecule has 2 rings (SSSR count). The molecule has 23 heavy (non-hydrogen) atoms. The third-order valence-corrected chi connectivity index (χ3v) is 4.26. The van der Waals surface area contributed by atoms with E-state index in [1.54, 1.807) is 0 Å². The lowest BCUT2D eigenvalue weighted by Crippen LogP contribution is -2.43. The van der Waals surface area contributed by atoms with Gasteiger partial charge in [0.1, 0.15) is 0 Å². The molecule has 126 valence electrons. The molecular weight excluding hydrogens is 290 g/mol. The maximum Gasteiger partial charge on any atom is 0.317 e. The van der Waals surface area contributed by atoms with Crippen molar-refractivity contribution in [2.75, 3.05) is 32.7 Å². The highest BCUT2D eigenvalue weighted by Crippen LogP contribution is 2.11. The maximum atomic E-state index is 12.5. The van der Waals surface area contributed by atoms with E-state index in [1.807, 2.05) is 47.9 Å². The summed E-state index contributed by atoms with van der Waals surface area (Å²) in [7, 11) is 0. The standard InChI is InChI=1S/C18H27N3O2/c1-3-9-19-18(23)21-11-6-10-20(12-13-21)17(22)14-16-8-5-4-7-15(16)2/h4-5,7-8H,3,6,9-14H2,1-2H3,(H,19,23). The Kier molecular flexibility index (Phi) is 6.44. The fourth-order valence-corrected chi connectivity index (χ4v) is 2.80. The van der Waals surface area contributed by atoms with Gasteiger partial charge in [0.15, 0.2) is 0 Å². The second-order valence-corrected chi connectivity index (χ2v) is 6.06. The molecule has 1 heterocycles. The van der Waals surface area contributed by atoms with Gasteiger partial charge in [0.05, 0.1) is 6.42 Å². The van der Waals surface area contributed by atoms with Crippen LogP contribution in [0, 0.1) is 6.92 Å². The predicted molar refractivity (Wildman–Crippen MR) is 91.3 cm³/mol. The first kappa shape index (κ1) is 17.3. The number of nitrogens with zero attached hydrogens (tertiary/aromatic N) is 2. The van der Waals surface area contributed by atoms with E-state index in [4.69, 9.17) is 0 Å². The summed E-state index contributed by atoms with van der Waals surface area (Å²) in [5, 5.41) is 2.90. The van der Waals surface area contributed by atoms with Crippen LogP contribution in [-0.4, -0.2) is 54.5 Å². The van der Waals surface area contributed by atoms with E-state index < -0.39 is 0 Å². The van der Waals surface area contributed by atoms with Gasteiger partial charge in [0.25, 0.3) is 0 Å². The highest BCUT2D eigenvalue weighted by molar-refractivity contribution is 5.79. The minimum Gasteiger partial charge on any atom is -0.341 e. The Bertz CT molecular complexity index is 545. The molecule has 5 nitrogen and oxygen atoms in total. The molecule has 1 aliphatic rings. The maximum absolute atomic E-state index is 12.5. The van der Waals surface area contributed by atoms with Crippen LogP contribution < -0.4 is 5.32 Å². The highest BCUT2D eigenvalue weighted by Gasteiger charge is 2.22. The number of benzene rings is 1. The van der Waals surface area contributed by atoms with Crippen LogP contribution in [0.1, 0.15) is 30.9 Å². The minimum atomic E-state index is -0.0138. The van der Waals surface area contributed by atoms with E-state index in [-0.39, 0.29) is 11.9 Å². The summed E-state index contributed by atoms with van der Waals surface area (Å²) in [6, 6.07) is 7.99. The lowest BCUT2D eigenvalue weighted by molar-refractivity contribution is -0.130. The molecule has 5 heteroatoms. The summed E-state index contributed by atoms with van der Waals surface area (Å²) in [4.78, 5) is 28.3. The zero-order valence-corrected chi connectivity index (χ0v) is 14.2. The fraction of sp³-hybridized carbons (Fsp3) is 0.556. The smallest absolute Gasteiger partial charge is 0.317 e. The number of rotatable bonds is 4. The minimum absolute atomic E-state index is 0.0138. The van der Waals surface area contributed by atoms with Crippen LogP contribution in [0.15, 0.2) is 24.3 Å². The van der Waals surface area contributed by atoms with Crippen LogP contribution in [-0.2, 0) is 11.2 Å². The molecular formula is C18H27N3O2. The van der Waals surface area contributed by atoms with E-state index in [2.05, 4.69) is 5.32 Å². The van der Waals surface area contributed by atoms with Gasteiger partial charge in [-0.25, -0.2) is 4.79 Å². The van der Waals surface area contributed by atoms with Gasteiger partial charge in [-0.2, -0.15) is 0 Å². The van der Waals surface area contributed by atoms with Crippen molar-refractivity contribution in [3.63, 3.8) is 0 Å². The van der Waals surface area contributed by atoms with Crippen molar-refractivity contribution in [2.24, 2.45) is 0 Å². The Hall–Kier alpha value is -2.04. The zero-order valence-electron chi connectivity index (χ0n) is 14.2. The molecule has 1 saturated heterocycles. The van der Waals surface area contributed by atoms with Crippen molar-refractivity contribution < 1.29 is 9.59 Å². The van der Waals surface area contributed by atoms with Gasteiger partial charge in [-0.1, -0.05) is 31.2 Å². The van der Waals surface area contributed by atoms with Crippen molar-refractivity contribution in [1.82, 2.24) is 15.1 Å². The lowest BCUT2D eigenvalue weighted by Gasteiger charge is -2.22. The average Bonchev–Trinajstić information content (AvgIpc) is 2.81. The largest absolute Gasteiger partial charge is 0.341 e. The number of nitrogens with one attached hydrogen (secondary N) is 1. The van der Waals surface area contributed by atoms with Crippen LogP contribution in [0.2, 0.25) is 0 Å². The SMILES string of the molecule is CCCNC(=O)N1CCCN(C(=O)Cc2ccccc2C)CC1. The van der Waals surface area contributed by atoms with Crippen LogP contribution in [0.5, 0.6) is 0 Å². The van der Waals surface area contributed by atoms with Gasteiger partial charge in [-0.15, -0.1) is 0 Å². The van der Waals surface area contributed by atoms with E-state index >= 15 is 0 Å². The van der Waals surface area contributed by atoms with E-state index in [0.29, 0.717) is 32.6 Å². The first-order chi connectivity index (χ1) is 11.1. The molecule has 0 bridgehead atoms. The van der Waals surface area contributed by atoms with Crippen LogP contribution in [0.4, 0.5) is 4.79 Å². The van der Waals surface area contributed by atoms with Gasteiger partial charge < -0.3 is 15.1 Å². The van der Waals surface area contributed by atoms with Crippen LogP contribution in [0.3, 0.4) is 0 Å². The van der Waals surface area contributed by atoms with Crippen LogP contribution >= 0.6 is 0 Å². The molecule has 0 saturated carbocycles. The number of carbonyl (C=O) groups excluding carboxylic acids is 2. The molecule has 0 aliphatic carbocycles. The average molecular weight is 317 g/mol. The molecule has 1 aliphatic heterocycles. The normalized spacial score (nSPS) is 15.2. The molecule has 0 unspecified atom stereocenters. The van der Waals surface area contributed by atoms with E-state index in [9.17, 15) is 9.59 Å². The van der Waals surface area contributed by atoms with E-state index in [0.717, 1.165) is 30.5 Å². The van der Waals surface area contributed by atoms with Crippen molar-refractivity contribution in [2.45, 2.75) is 33.1 Å². The topological polar surface area (TPSA) is 52.7 Å². The fourth-order valence-electron chi connectivity index (χ4n) is 2.80. The summed E-state index contributed by atoms with van der Waals surface area (Å²) >= 11 is 0. The first-order valence-corrected chi connectivity index (χ1v) is 8.47. The van der Waals surface area contributed by atoms with Gasteiger partial charge in [-0.05, 0) is 30.9 Å². The summed E-state index contributed by atoms with van der Waals surface area (Å²) < 4.78 is 0. The first-order valence-electron chi connectivity index (χ1n) is 8.47. The quantitative estimate of drug-likeness (QED) is 0.925. The van der Waals surface area contributed by atoms with Crippen LogP contribution in [0.25, 0.3) is 0 Å². The molecule has 0 aromatic heterocycles. The van der Waals surface area contributed by atoms with Gasteiger partial charge in [0, 0.05) is 32.7 Å². The molecule has 1 N–H and O–H groups in total. The van der Waals surface area contributed by atoms with E-state index in [1.165, 1.54) is 0 Å². The summed E-state index contributed by atoms with van der Waals surface area (Å²) in [5.74, 6) is 0.148. The second-order valence-electron chi connectivity index (χ2n) is 6.06. The molecule has 1 aromatic carbocycles. The number of urea groups is 1. The molecule has 0 radical (unpaired) electrons. The Balaban J connectivity index is 1.88. The monoisotopic (exact) mass is 317 g/mol. The van der Waals surface area contributed by atoms with Crippen molar-refractivity contribution >= 4 is 11.9 Å². The van der Waals surface area contributed by atoms with Crippen molar-refractivity contribution in [3.05, 3.63) is 35.4 Å². The third kappa shape index (κ3) is 4.98.